The van der Waals surface area contributed by atoms with Crippen molar-refractivity contribution in [2.45, 2.75) is 19.3 Å². The van der Waals surface area contributed by atoms with Crippen LogP contribution in [-0.4, -0.2) is 22.0 Å². The molecule has 2 rings (SSSR count). The number of amides is 1. The van der Waals surface area contributed by atoms with Gasteiger partial charge in [0.25, 0.3) is 0 Å². The minimum atomic E-state index is -0.392. The van der Waals surface area contributed by atoms with Gasteiger partial charge in [-0.05, 0) is 28.9 Å². The van der Waals surface area contributed by atoms with Gasteiger partial charge in [0.2, 0.25) is 5.91 Å². The van der Waals surface area contributed by atoms with Crippen LogP contribution in [0.5, 0.6) is 0 Å². The molecule has 0 fully saturated rings. The van der Waals surface area contributed by atoms with Crippen molar-refractivity contribution < 1.29 is 9.18 Å². The van der Waals surface area contributed by atoms with E-state index in [0.717, 1.165) is 0 Å². The van der Waals surface area contributed by atoms with Crippen molar-refractivity contribution in [2.24, 2.45) is 0 Å². The van der Waals surface area contributed by atoms with E-state index >= 15 is 0 Å². The van der Waals surface area contributed by atoms with Crippen molar-refractivity contribution in [3.63, 3.8) is 0 Å². The molecule has 7 heteroatoms. The van der Waals surface area contributed by atoms with Crippen LogP contribution in [0, 0.1) is 5.82 Å². The fourth-order valence-corrected chi connectivity index (χ4v) is 2.38. The number of halogens is 3. The van der Waals surface area contributed by atoms with E-state index in [9.17, 15) is 9.18 Å². The molecule has 4 nitrogen and oxygen atoms in total. The van der Waals surface area contributed by atoms with E-state index in [0.29, 0.717) is 27.9 Å². The molecule has 1 aromatic heterocycles. The Hall–Kier alpha value is -1.14. The maximum Gasteiger partial charge on any atom is 0.239 e. The average Bonchev–Trinajstić information content (AvgIpc) is 2.68. The summed E-state index contributed by atoms with van der Waals surface area (Å²) in [5, 5.41) is 2.71. The minimum absolute atomic E-state index is 0.116. The van der Waals surface area contributed by atoms with Crippen LogP contribution in [0.25, 0.3) is 11.0 Å². The van der Waals surface area contributed by atoms with Crippen LogP contribution in [-0.2, 0) is 17.2 Å². The summed E-state index contributed by atoms with van der Waals surface area (Å²) >= 11 is 8.95. The summed E-state index contributed by atoms with van der Waals surface area (Å²) in [4.78, 5) is 15.9. The molecule has 1 aromatic carbocycles. The van der Waals surface area contributed by atoms with Crippen LogP contribution in [0.4, 0.5) is 4.39 Å². The maximum absolute atomic E-state index is 13.5. The Morgan fingerprint density at radius 3 is 2.95 bits per heavy atom. The summed E-state index contributed by atoms with van der Waals surface area (Å²) < 4.78 is 15.5. The van der Waals surface area contributed by atoms with E-state index in [2.05, 4.69) is 26.2 Å². The highest BCUT2D eigenvalue weighted by atomic mass is 79.9. The van der Waals surface area contributed by atoms with Gasteiger partial charge in [-0.2, -0.15) is 0 Å². The Labute approximate surface area is 123 Å². The standard InChI is InChI=1S/C12H12BrClFN3O/c1-2-16-12(19)6-18-10-3-7(13)8(15)4-9(10)17-11(18)5-14/h3-4H,2,5-6H2,1H3,(H,16,19). The van der Waals surface area contributed by atoms with Gasteiger partial charge in [-0.3, -0.25) is 4.79 Å². The summed E-state index contributed by atoms with van der Waals surface area (Å²) in [5.74, 6) is 0.179. The SMILES string of the molecule is CCNC(=O)Cn1c(CCl)nc2cc(F)c(Br)cc21. The van der Waals surface area contributed by atoms with E-state index in [-0.39, 0.29) is 18.3 Å². The molecular formula is C12H12BrClFN3O. The lowest BCUT2D eigenvalue weighted by molar-refractivity contribution is -0.121. The third kappa shape index (κ3) is 2.90. The Kier molecular flexibility index (Phi) is 4.42. The zero-order chi connectivity index (χ0) is 14.0. The van der Waals surface area contributed by atoms with E-state index in [1.807, 2.05) is 6.92 Å². The summed E-state index contributed by atoms with van der Waals surface area (Å²) in [6.07, 6.45) is 0. The second kappa shape index (κ2) is 5.88. The largest absolute Gasteiger partial charge is 0.355 e. The number of hydrogen-bond acceptors (Lipinski definition) is 2. The molecule has 0 aliphatic heterocycles. The number of carbonyl (C=O) groups excluding carboxylic acids is 1. The third-order valence-corrected chi connectivity index (χ3v) is 3.51. The van der Waals surface area contributed by atoms with Crippen LogP contribution >= 0.6 is 27.5 Å². The monoisotopic (exact) mass is 347 g/mol. The molecule has 0 saturated heterocycles. The second-order valence-electron chi connectivity index (χ2n) is 3.96. The molecule has 0 aliphatic carbocycles. The predicted octanol–water partition coefficient (Wildman–Crippen LogP) is 2.81. The molecule has 0 atom stereocenters. The second-order valence-corrected chi connectivity index (χ2v) is 5.08. The van der Waals surface area contributed by atoms with Gasteiger partial charge in [-0.1, -0.05) is 0 Å². The molecule has 19 heavy (non-hydrogen) atoms. The third-order valence-electron chi connectivity index (χ3n) is 2.66. The van der Waals surface area contributed by atoms with Crippen molar-refractivity contribution in [2.75, 3.05) is 6.54 Å². The zero-order valence-corrected chi connectivity index (χ0v) is 12.6. The number of imidazole rings is 1. The van der Waals surface area contributed by atoms with Crippen molar-refractivity contribution in [1.82, 2.24) is 14.9 Å². The number of benzene rings is 1. The quantitative estimate of drug-likeness (QED) is 0.864. The highest BCUT2D eigenvalue weighted by molar-refractivity contribution is 9.10. The molecule has 0 unspecified atom stereocenters. The first-order valence-electron chi connectivity index (χ1n) is 5.73. The first-order chi connectivity index (χ1) is 9.06. The van der Waals surface area contributed by atoms with Crippen molar-refractivity contribution in [1.29, 1.82) is 0 Å². The van der Waals surface area contributed by atoms with Gasteiger partial charge in [0.05, 0.1) is 21.4 Å². The molecule has 2 aromatic rings. The Balaban J connectivity index is 2.50. The topological polar surface area (TPSA) is 46.9 Å². The van der Waals surface area contributed by atoms with Crippen molar-refractivity contribution in [3.05, 3.63) is 28.2 Å². The summed E-state index contributed by atoms with van der Waals surface area (Å²) in [6, 6.07) is 2.93. The fraction of sp³-hybridized carbons (Fsp3) is 0.333. The van der Waals surface area contributed by atoms with Crippen LogP contribution in [0.2, 0.25) is 0 Å². The Morgan fingerprint density at radius 1 is 1.58 bits per heavy atom. The number of carbonyl (C=O) groups is 1. The van der Waals surface area contributed by atoms with Gasteiger partial charge in [-0.25, -0.2) is 9.37 Å². The van der Waals surface area contributed by atoms with Crippen LogP contribution in [0.1, 0.15) is 12.7 Å². The van der Waals surface area contributed by atoms with Gasteiger partial charge in [0, 0.05) is 12.6 Å². The summed E-state index contributed by atoms with van der Waals surface area (Å²) in [6.45, 7) is 2.52. The first-order valence-corrected chi connectivity index (χ1v) is 7.06. The number of aromatic nitrogens is 2. The van der Waals surface area contributed by atoms with Gasteiger partial charge in [0.1, 0.15) is 18.2 Å². The number of likely N-dealkylation sites (N-methyl/N-ethyl adjacent to an activating group) is 1. The number of nitrogens with one attached hydrogen (secondary N) is 1. The van der Waals surface area contributed by atoms with E-state index < -0.39 is 5.82 Å². The lowest BCUT2D eigenvalue weighted by Crippen LogP contribution is -2.27. The van der Waals surface area contributed by atoms with Crippen LogP contribution in [0.3, 0.4) is 0 Å². The molecule has 1 N–H and O–H groups in total. The molecule has 102 valence electrons. The molecule has 0 spiro atoms. The average molecular weight is 349 g/mol. The van der Waals surface area contributed by atoms with Gasteiger partial charge >= 0.3 is 0 Å². The number of hydrogen-bond donors (Lipinski definition) is 1. The van der Waals surface area contributed by atoms with Gasteiger partial charge in [-0.15, -0.1) is 11.6 Å². The van der Waals surface area contributed by atoms with E-state index in [4.69, 9.17) is 11.6 Å². The summed E-state index contributed by atoms with van der Waals surface area (Å²) in [5.41, 5.74) is 1.16. The summed E-state index contributed by atoms with van der Waals surface area (Å²) in [7, 11) is 0. The zero-order valence-electron chi connectivity index (χ0n) is 10.2. The molecule has 1 heterocycles. The van der Waals surface area contributed by atoms with Gasteiger partial charge in [0.15, 0.2) is 0 Å². The normalized spacial score (nSPS) is 10.9. The number of fused-ring (bicyclic) bond motifs is 1. The fourth-order valence-electron chi connectivity index (χ4n) is 1.85. The smallest absolute Gasteiger partial charge is 0.239 e. The highest BCUT2D eigenvalue weighted by Gasteiger charge is 2.15. The Bertz CT molecular complexity index is 629. The first kappa shape index (κ1) is 14.3. The van der Waals surface area contributed by atoms with Crippen LogP contribution in [0.15, 0.2) is 16.6 Å². The Morgan fingerprint density at radius 2 is 2.32 bits per heavy atom. The van der Waals surface area contributed by atoms with Crippen molar-refractivity contribution in [3.8, 4) is 0 Å². The molecule has 0 radical (unpaired) electrons. The van der Waals surface area contributed by atoms with E-state index in [1.54, 1.807) is 10.6 Å². The molecule has 1 amide bonds. The lowest BCUT2D eigenvalue weighted by atomic mass is 10.3. The predicted molar refractivity (Wildman–Crippen MR) is 75.6 cm³/mol. The minimum Gasteiger partial charge on any atom is -0.355 e. The maximum atomic E-state index is 13.5. The number of rotatable bonds is 4. The molecule has 0 aliphatic rings. The lowest BCUT2D eigenvalue weighted by Gasteiger charge is -2.07. The number of nitrogens with zero attached hydrogens (tertiary/aromatic N) is 2. The molecule has 0 saturated carbocycles. The molecular weight excluding hydrogens is 337 g/mol. The van der Waals surface area contributed by atoms with E-state index in [1.165, 1.54) is 6.07 Å². The number of alkyl halides is 1. The van der Waals surface area contributed by atoms with Crippen molar-refractivity contribution >= 4 is 44.5 Å². The van der Waals surface area contributed by atoms with Gasteiger partial charge < -0.3 is 9.88 Å². The van der Waals surface area contributed by atoms with Crippen LogP contribution < -0.4 is 5.32 Å². The highest BCUT2D eigenvalue weighted by Crippen LogP contribution is 2.24. The molecule has 0 bridgehead atoms.